The van der Waals surface area contributed by atoms with E-state index in [0.29, 0.717) is 6.54 Å². The first-order valence-corrected chi connectivity index (χ1v) is 6.91. The second-order valence-electron chi connectivity index (χ2n) is 4.98. The molecule has 0 aromatic carbocycles. The quantitative estimate of drug-likeness (QED) is 0.807. The SMILES string of the molecule is CCNc1cnn(CCN2CCN(C)CC2)c(=O)c1. The van der Waals surface area contributed by atoms with Crippen LogP contribution in [0.15, 0.2) is 17.1 Å². The van der Waals surface area contributed by atoms with Crippen LogP contribution in [0, 0.1) is 0 Å². The lowest BCUT2D eigenvalue weighted by Gasteiger charge is -2.32. The Kier molecular flexibility index (Phi) is 4.93. The Labute approximate surface area is 114 Å². The molecule has 6 nitrogen and oxygen atoms in total. The van der Waals surface area contributed by atoms with E-state index in [4.69, 9.17) is 0 Å². The third kappa shape index (κ3) is 4.04. The molecule has 0 atom stereocenters. The van der Waals surface area contributed by atoms with Crippen LogP contribution in [-0.2, 0) is 6.54 Å². The molecular formula is C13H23N5O. The molecule has 0 spiro atoms. The van der Waals surface area contributed by atoms with Gasteiger partial charge in [0.15, 0.2) is 0 Å². The summed E-state index contributed by atoms with van der Waals surface area (Å²) in [5.41, 5.74) is 0.760. The van der Waals surface area contributed by atoms with E-state index in [2.05, 4.69) is 27.3 Å². The zero-order valence-electron chi connectivity index (χ0n) is 11.8. The average Bonchev–Trinajstić information content (AvgIpc) is 2.40. The number of anilines is 1. The van der Waals surface area contributed by atoms with E-state index in [0.717, 1.165) is 45.0 Å². The lowest BCUT2D eigenvalue weighted by atomic mass is 10.3. The predicted octanol–water partition coefficient (Wildman–Crippen LogP) is -0.0775. The highest BCUT2D eigenvalue weighted by Gasteiger charge is 2.13. The summed E-state index contributed by atoms with van der Waals surface area (Å²) in [7, 11) is 2.14. The van der Waals surface area contributed by atoms with Gasteiger partial charge in [-0.25, -0.2) is 4.68 Å². The minimum Gasteiger partial charge on any atom is -0.384 e. The Hall–Kier alpha value is -1.40. The molecule has 0 aliphatic carbocycles. The Bertz CT molecular complexity index is 451. The van der Waals surface area contributed by atoms with Crippen molar-refractivity contribution in [2.45, 2.75) is 13.5 Å². The van der Waals surface area contributed by atoms with E-state index in [1.807, 2.05) is 6.92 Å². The van der Waals surface area contributed by atoms with Gasteiger partial charge in [0.25, 0.3) is 5.56 Å². The van der Waals surface area contributed by atoms with Crippen molar-refractivity contribution < 1.29 is 0 Å². The Balaban J connectivity index is 1.87. The molecule has 1 aliphatic heterocycles. The number of likely N-dealkylation sites (N-methyl/N-ethyl adjacent to an activating group) is 1. The standard InChI is InChI=1S/C13H23N5O/c1-3-14-12-10-13(19)18(15-11-12)9-8-17-6-4-16(2)5-7-17/h10-11,14H,3-9H2,1-2H3. The number of nitrogens with zero attached hydrogens (tertiary/aromatic N) is 4. The molecule has 1 saturated heterocycles. The van der Waals surface area contributed by atoms with Gasteiger partial charge in [-0.15, -0.1) is 0 Å². The maximum absolute atomic E-state index is 11.9. The summed E-state index contributed by atoms with van der Waals surface area (Å²) in [6, 6.07) is 1.61. The van der Waals surface area contributed by atoms with E-state index in [1.165, 1.54) is 0 Å². The molecular weight excluding hydrogens is 242 g/mol. The van der Waals surface area contributed by atoms with Crippen molar-refractivity contribution in [3.63, 3.8) is 0 Å². The van der Waals surface area contributed by atoms with Crippen LogP contribution >= 0.6 is 0 Å². The molecule has 2 heterocycles. The van der Waals surface area contributed by atoms with Crippen molar-refractivity contribution in [3.8, 4) is 0 Å². The van der Waals surface area contributed by atoms with E-state index in [9.17, 15) is 4.79 Å². The van der Waals surface area contributed by atoms with Crippen LogP contribution in [0.5, 0.6) is 0 Å². The zero-order valence-corrected chi connectivity index (χ0v) is 11.8. The minimum absolute atomic E-state index is 0.0347. The first-order chi connectivity index (χ1) is 9.19. The number of hydrogen-bond donors (Lipinski definition) is 1. The average molecular weight is 265 g/mol. The molecule has 0 unspecified atom stereocenters. The van der Waals surface area contributed by atoms with Crippen LogP contribution in [-0.4, -0.2) is 65.9 Å². The predicted molar refractivity (Wildman–Crippen MR) is 76.6 cm³/mol. The molecule has 1 aromatic heterocycles. The van der Waals surface area contributed by atoms with E-state index < -0.39 is 0 Å². The van der Waals surface area contributed by atoms with Gasteiger partial charge in [0.2, 0.25) is 0 Å². The summed E-state index contributed by atoms with van der Waals surface area (Å²) >= 11 is 0. The summed E-state index contributed by atoms with van der Waals surface area (Å²) in [6.45, 7) is 8.69. The minimum atomic E-state index is -0.0347. The fourth-order valence-corrected chi connectivity index (χ4v) is 2.21. The molecule has 1 fully saturated rings. The molecule has 0 amide bonds. The van der Waals surface area contributed by atoms with Crippen molar-refractivity contribution in [1.29, 1.82) is 0 Å². The second kappa shape index (κ2) is 6.68. The molecule has 0 saturated carbocycles. The van der Waals surface area contributed by atoms with E-state index in [-0.39, 0.29) is 5.56 Å². The maximum atomic E-state index is 11.9. The van der Waals surface area contributed by atoms with E-state index in [1.54, 1.807) is 16.9 Å². The molecule has 1 N–H and O–H groups in total. The third-order valence-corrected chi connectivity index (χ3v) is 3.47. The second-order valence-corrected chi connectivity index (χ2v) is 4.98. The number of nitrogens with one attached hydrogen (secondary N) is 1. The van der Waals surface area contributed by atoms with Gasteiger partial charge in [-0.1, -0.05) is 0 Å². The number of hydrogen-bond acceptors (Lipinski definition) is 5. The molecule has 6 heteroatoms. The topological polar surface area (TPSA) is 53.4 Å². The summed E-state index contributed by atoms with van der Waals surface area (Å²) in [6.07, 6.45) is 1.72. The van der Waals surface area contributed by atoms with Gasteiger partial charge in [-0.3, -0.25) is 9.69 Å². The fraction of sp³-hybridized carbons (Fsp3) is 0.692. The molecule has 1 aliphatic rings. The summed E-state index contributed by atoms with van der Waals surface area (Å²) in [4.78, 5) is 16.6. The van der Waals surface area contributed by atoms with Crippen molar-refractivity contribution in [2.75, 3.05) is 51.6 Å². The lowest BCUT2D eigenvalue weighted by molar-refractivity contribution is 0.148. The van der Waals surface area contributed by atoms with Gasteiger partial charge >= 0.3 is 0 Å². The van der Waals surface area contributed by atoms with E-state index >= 15 is 0 Å². The van der Waals surface area contributed by atoms with Crippen LogP contribution < -0.4 is 10.9 Å². The van der Waals surface area contributed by atoms with Crippen molar-refractivity contribution >= 4 is 5.69 Å². The van der Waals surface area contributed by atoms with Gasteiger partial charge in [-0.2, -0.15) is 5.10 Å². The Morgan fingerprint density at radius 2 is 2.00 bits per heavy atom. The largest absolute Gasteiger partial charge is 0.384 e. The van der Waals surface area contributed by atoms with Crippen molar-refractivity contribution in [2.24, 2.45) is 0 Å². The van der Waals surface area contributed by atoms with Gasteiger partial charge in [0.1, 0.15) is 0 Å². The third-order valence-electron chi connectivity index (χ3n) is 3.47. The normalized spacial score (nSPS) is 17.6. The molecule has 1 aromatic rings. The molecule has 0 bridgehead atoms. The lowest BCUT2D eigenvalue weighted by Crippen LogP contribution is -2.46. The smallest absolute Gasteiger partial charge is 0.268 e. The van der Waals surface area contributed by atoms with Crippen LogP contribution in [0.2, 0.25) is 0 Å². The number of aromatic nitrogens is 2. The van der Waals surface area contributed by atoms with Gasteiger partial charge < -0.3 is 10.2 Å². The molecule has 0 radical (unpaired) electrons. The van der Waals surface area contributed by atoms with Gasteiger partial charge in [0.05, 0.1) is 18.4 Å². The summed E-state index contributed by atoms with van der Waals surface area (Å²) in [5, 5.41) is 7.29. The van der Waals surface area contributed by atoms with Crippen LogP contribution in [0.3, 0.4) is 0 Å². The Morgan fingerprint density at radius 3 is 2.63 bits per heavy atom. The van der Waals surface area contributed by atoms with Gasteiger partial charge in [-0.05, 0) is 14.0 Å². The Morgan fingerprint density at radius 1 is 1.26 bits per heavy atom. The molecule has 2 rings (SSSR count). The van der Waals surface area contributed by atoms with Crippen LogP contribution in [0.1, 0.15) is 6.92 Å². The van der Waals surface area contributed by atoms with Crippen LogP contribution in [0.4, 0.5) is 5.69 Å². The molecule has 19 heavy (non-hydrogen) atoms. The monoisotopic (exact) mass is 265 g/mol. The number of piperazine rings is 1. The highest BCUT2D eigenvalue weighted by atomic mass is 16.1. The van der Waals surface area contributed by atoms with Crippen molar-refractivity contribution in [3.05, 3.63) is 22.6 Å². The molecule has 106 valence electrons. The summed E-state index contributed by atoms with van der Waals surface area (Å²) in [5.74, 6) is 0. The highest BCUT2D eigenvalue weighted by Crippen LogP contribution is 2.00. The fourth-order valence-electron chi connectivity index (χ4n) is 2.21. The zero-order chi connectivity index (χ0) is 13.7. The summed E-state index contributed by atoms with van der Waals surface area (Å²) < 4.78 is 1.54. The van der Waals surface area contributed by atoms with Crippen LogP contribution in [0.25, 0.3) is 0 Å². The van der Waals surface area contributed by atoms with Crippen molar-refractivity contribution in [1.82, 2.24) is 19.6 Å². The van der Waals surface area contributed by atoms with Gasteiger partial charge in [0, 0.05) is 45.3 Å². The maximum Gasteiger partial charge on any atom is 0.268 e. The highest BCUT2D eigenvalue weighted by molar-refractivity contribution is 5.38. The first kappa shape index (κ1) is 14.0. The number of rotatable bonds is 5. The first-order valence-electron chi connectivity index (χ1n) is 6.91.